The first-order valence-electron chi connectivity index (χ1n) is 7.48. The first-order valence-corrected chi connectivity index (χ1v) is 7.85. The summed E-state index contributed by atoms with van der Waals surface area (Å²) in [4.78, 5) is 14.7. The summed E-state index contributed by atoms with van der Waals surface area (Å²) >= 11 is 6.06. The van der Waals surface area contributed by atoms with Gasteiger partial charge in [-0.05, 0) is 32.0 Å². The highest BCUT2D eigenvalue weighted by molar-refractivity contribution is 6.31. The van der Waals surface area contributed by atoms with Crippen molar-refractivity contribution in [3.8, 4) is 5.75 Å². The van der Waals surface area contributed by atoms with E-state index in [1.54, 1.807) is 25.3 Å². The zero-order chi connectivity index (χ0) is 16.1. The molecular formula is C16H23ClN2O3. The summed E-state index contributed by atoms with van der Waals surface area (Å²) in [5, 5.41) is 3.94. The van der Waals surface area contributed by atoms with Gasteiger partial charge in [-0.15, -0.1) is 0 Å². The zero-order valence-electron chi connectivity index (χ0n) is 13.3. The molecule has 6 heteroatoms. The van der Waals surface area contributed by atoms with Crippen LogP contribution in [-0.4, -0.2) is 56.3 Å². The van der Waals surface area contributed by atoms with Gasteiger partial charge in [0, 0.05) is 37.3 Å². The van der Waals surface area contributed by atoms with Crippen LogP contribution in [0.4, 0.5) is 0 Å². The van der Waals surface area contributed by atoms with E-state index < -0.39 is 0 Å². The maximum atomic E-state index is 12.8. The molecule has 1 saturated heterocycles. The smallest absolute Gasteiger partial charge is 0.257 e. The molecule has 1 aromatic carbocycles. The Labute approximate surface area is 136 Å². The summed E-state index contributed by atoms with van der Waals surface area (Å²) in [6.45, 7) is 6.36. The molecule has 0 radical (unpaired) electrons. The predicted octanol–water partition coefficient (Wildman–Crippen LogP) is 2.19. The van der Waals surface area contributed by atoms with Gasteiger partial charge in [0.25, 0.3) is 5.91 Å². The van der Waals surface area contributed by atoms with Crippen molar-refractivity contribution in [3.05, 3.63) is 28.8 Å². The molecule has 0 aliphatic carbocycles. The first-order chi connectivity index (χ1) is 10.5. The van der Waals surface area contributed by atoms with Crippen molar-refractivity contribution in [2.45, 2.75) is 25.9 Å². The average Bonchev–Trinajstić information content (AvgIpc) is 2.47. The molecule has 1 N–H and O–H groups in total. The normalized spacial score (nSPS) is 21.7. The second kappa shape index (κ2) is 7.81. The van der Waals surface area contributed by atoms with Crippen molar-refractivity contribution in [1.82, 2.24) is 10.2 Å². The van der Waals surface area contributed by atoms with Crippen LogP contribution in [0.25, 0.3) is 0 Å². The van der Waals surface area contributed by atoms with E-state index in [4.69, 9.17) is 21.1 Å². The van der Waals surface area contributed by atoms with Gasteiger partial charge in [0.1, 0.15) is 12.4 Å². The number of halogens is 1. The summed E-state index contributed by atoms with van der Waals surface area (Å²) in [7, 11) is 1.61. The van der Waals surface area contributed by atoms with E-state index in [0.29, 0.717) is 42.6 Å². The number of piperazine rings is 1. The summed E-state index contributed by atoms with van der Waals surface area (Å²) < 4.78 is 10.6. The Morgan fingerprint density at radius 3 is 2.64 bits per heavy atom. The molecule has 1 aromatic rings. The molecule has 1 fully saturated rings. The topological polar surface area (TPSA) is 50.8 Å². The number of ether oxygens (including phenoxy) is 2. The van der Waals surface area contributed by atoms with Gasteiger partial charge in [-0.1, -0.05) is 11.6 Å². The SMILES string of the molecule is COCCOc1ccc(Cl)cc1C(=O)N1CC(C)NC(C)C1. The van der Waals surface area contributed by atoms with Crippen LogP contribution in [0.2, 0.25) is 5.02 Å². The quantitative estimate of drug-likeness (QED) is 0.843. The lowest BCUT2D eigenvalue weighted by Gasteiger charge is -2.36. The Balaban J connectivity index is 2.18. The van der Waals surface area contributed by atoms with Gasteiger partial charge in [-0.3, -0.25) is 4.79 Å². The van der Waals surface area contributed by atoms with Crippen LogP contribution in [0, 0.1) is 0 Å². The highest BCUT2D eigenvalue weighted by Gasteiger charge is 2.27. The van der Waals surface area contributed by atoms with Gasteiger partial charge < -0.3 is 19.7 Å². The molecule has 0 aromatic heterocycles. The molecule has 5 nitrogen and oxygen atoms in total. The number of methoxy groups -OCH3 is 1. The number of carbonyl (C=O) groups excluding carboxylic acids is 1. The van der Waals surface area contributed by atoms with Gasteiger partial charge in [0.15, 0.2) is 0 Å². The summed E-state index contributed by atoms with van der Waals surface area (Å²) in [5.74, 6) is 0.500. The maximum Gasteiger partial charge on any atom is 0.257 e. The number of carbonyl (C=O) groups is 1. The minimum atomic E-state index is -0.0462. The molecule has 122 valence electrons. The molecule has 1 aliphatic rings. The fourth-order valence-electron chi connectivity index (χ4n) is 2.69. The molecule has 0 bridgehead atoms. The fraction of sp³-hybridized carbons (Fsp3) is 0.562. The summed E-state index contributed by atoms with van der Waals surface area (Å²) in [6, 6.07) is 5.67. The van der Waals surface area contributed by atoms with Gasteiger partial charge in [0.2, 0.25) is 0 Å². The first kappa shape index (κ1) is 17.1. The monoisotopic (exact) mass is 326 g/mol. The lowest BCUT2D eigenvalue weighted by atomic mass is 10.1. The van der Waals surface area contributed by atoms with Crippen LogP contribution in [0.3, 0.4) is 0 Å². The summed E-state index contributed by atoms with van der Waals surface area (Å²) in [5.41, 5.74) is 0.505. The minimum Gasteiger partial charge on any atom is -0.490 e. The van der Waals surface area contributed by atoms with Crippen molar-refractivity contribution in [3.63, 3.8) is 0 Å². The molecule has 1 aliphatic heterocycles. The second-order valence-electron chi connectivity index (χ2n) is 5.66. The van der Waals surface area contributed by atoms with E-state index in [2.05, 4.69) is 19.2 Å². The highest BCUT2D eigenvalue weighted by Crippen LogP contribution is 2.25. The largest absolute Gasteiger partial charge is 0.490 e. The number of rotatable bonds is 5. The van der Waals surface area contributed by atoms with Gasteiger partial charge >= 0.3 is 0 Å². The summed E-state index contributed by atoms with van der Waals surface area (Å²) in [6.07, 6.45) is 0. The number of hydrogen-bond donors (Lipinski definition) is 1. The van der Waals surface area contributed by atoms with Crippen molar-refractivity contribution in [2.75, 3.05) is 33.4 Å². The molecule has 1 heterocycles. The molecule has 2 rings (SSSR count). The Bertz CT molecular complexity index is 514. The van der Waals surface area contributed by atoms with Gasteiger partial charge in [0.05, 0.1) is 12.2 Å². The fourth-order valence-corrected chi connectivity index (χ4v) is 2.87. The molecule has 2 unspecified atom stereocenters. The van der Waals surface area contributed by atoms with E-state index in [1.807, 2.05) is 4.90 Å². The average molecular weight is 327 g/mol. The third-order valence-electron chi connectivity index (χ3n) is 3.56. The van der Waals surface area contributed by atoms with Crippen molar-refractivity contribution in [1.29, 1.82) is 0 Å². The van der Waals surface area contributed by atoms with Gasteiger partial charge in [-0.25, -0.2) is 0 Å². The van der Waals surface area contributed by atoms with E-state index >= 15 is 0 Å². The number of hydrogen-bond acceptors (Lipinski definition) is 4. The van der Waals surface area contributed by atoms with E-state index in [1.165, 1.54) is 0 Å². The third-order valence-corrected chi connectivity index (χ3v) is 3.80. The van der Waals surface area contributed by atoms with Gasteiger partial charge in [-0.2, -0.15) is 0 Å². The Hall–Kier alpha value is -1.30. The number of nitrogens with zero attached hydrogens (tertiary/aromatic N) is 1. The minimum absolute atomic E-state index is 0.0462. The van der Waals surface area contributed by atoms with Crippen LogP contribution in [0.15, 0.2) is 18.2 Å². The van der Waals surface area contributed by atoms with Crippen LogP contribution >= 0.6 is 11.6 Å². The molecule has 2 atom stereocenters. The predicted molar refractivity (Wildman–Crippen MR) is 86.8 cm³/mol. The standard InChI is InChI=1S/C16H23ClN2O3/c1-11-9-19(10-12(2)18-11)16(20)14-8-13(17)4-5-15(14)22-7-6-21-3/h4-5,8,11-12,18H,6-7,9-10H2,1-3H3. The van der Waals surface area contributed by atoms with Crippen LogP contribution < -0.4 is 10.1 Å². The lowest BCUT2D eigenvalue weighted by molar-refractivity contribution is 0.0667. The maximum absolute atomic E-state index is 12.8. The molecule has 22 heavy (non-hydrogen) atoms. The molecule has 0 saturated carbocycles. The van der Waals surface area contributed by atoms with E-state index in [-0.39, 0.29) is 18.0 Å². The van der Waals surface area contributed by atoms with Crippen molar-refractivity contribution >= 4 is 17.5 Å². The Kier molecular flexibility index (Phi) is 6.06. The van der Waals surface area contributed by atoms with Crippen molar-refractivity contribution < 1.29 is 14.3 Å². The number of amides is 1. The molecular weight excluding hydrogens is 304 g/mol. The Morgan fingerprint density at radius 1 is 1.32 bits per heavy atom. The lowest BCUT2D eigenvalue weighted by Crippen LogP contribution is -2.55. The highest BCUT2D eigenvalue weighted by atomic mass is 35.5. The van der Waals surface area contributed by atoms with Crippen LogP contribution in [0.1, 0.15) is 24.2 Å². The van der Waals surface area contributed by atoms with Crippen LogP contribution in [-0.2, 0) is 4.74 Å². The number of benzene rings is 1. The molecule has 0 spiro atoms. The zero-order valence-corrected chi connectivity index (χ0v) is 14.0. The third kappa shape index (κ3) is 4.35. The Morgan fingerprint density at radius 2 is 2.00 bits per heavy atom. The number of nitrogens with one attached hydrogen (secondary N) is 1. The van der Waals surface area contributed by atoms with E-state index in [0.717, 1.165) is 0 Å². The molecule has 1 amide bonds. The van der Waals surface area contributed by atoms with E-state index in [9.17, 15) is 4.79 Å². The van der Waals surface area contributed by atoms with Crippen LogP contribution in [0.5, 0.6) is 5.75 Å². The second-order valence-corrected chi connectivity index (χ2v) is 6.10. The van der Waals surface area contributed by atoms with Crippen molar-refractivity contribution in [2.24, 2.45) is 0 Å².